The fraction of sp³-hybridized carbons (Fsp3) is 0.750. The summed E-state index contributed by atoms with van der Waals surface area (Å²) in [5.41, 5.74) is 0.304. The molecule has 0 aliphatic carbocycles. The van der Waals surface area contributed by atoms with Gasteiger partial charge in [-0.3, -0.25) is 4.79 Å². The average Bonchev–Trinajstić information content (AvgIpc) is 2.46. The van der Waals surface area contributed by atoms with Crippen molar-refractivity contribution in [1.82, 2.24) is 4.90 Å². The lowest BCUT2D eigenvalue weighted by molar-refractivity contribution is -0.125. The molecule has 0 atom stereocenters. The number of carbonyl (C=O) groups is 1. The van der Waals surface area contributed by atoms with Crippen LogP contribution in [0.25, 0.3) is 0 Å². The summed E-state index contributed by atoms with van der Waals surface area (Å²) in [6.45, 7) is 13.8. The van der Waals surface area contributed by atoms with E-state index in [4.69, 9.17) is 0 Å². The van der Waals surface area contributed by atoms with Gasteiger partial charge in [0.1, 0.15) is 0 Å². The fourth-order valence-corrected chi connectivity index (χ4v) is 1.43. The zero-order chi connectivity index (χ0) is 11.2. The molecule has 1 rings (SSSR count). The van der Waals surface area contributed by atoms with Crippen molar-refractivity contribution in [2.75, 3.05) is 13.1 Å². The number of carbonyl (C=O) groups excluding carboxylic acids is 1. The summed E-state index contributed by atoms with van der Waals surface area (Å²) < 4.78 is 0. The van der Waals surface area contributed by atoms with Crippen LogP contribution in [0.1, 0.15) is 40.5 Å². The molecule has 1 heterocycles. The minimum atomic E-state index is 0.0653. The van der Waals surface area contributed by atoms with E-state index in [1.807, 2.05) is 4.90 Å². The molecule has 0 bridgehead atoms. The maximum absolute atomic E-state index is 11.1. The van der Waals surface area contributed by atoms with Crippen LogP contribution in [0.4, 0.5) is 0 Å². The first-order valence-electron chi connectivity index (χ1n) is 5.38. The van der Waals surface area contributed by atoms with Crippen molar-refractivity contribution in [1.29, 1.82) is 0 Å². The average molecular weight is 197 g/mol. The van der Waals surface area contributed by atoms with Crippen LogP contribution >= 0.6 is 0 Å². The number of amides is 1. The van der Waals surface area contributed by atoms with Crippen molar-refractivity contribution < 1.29 is 4.79 Å². The molecular formula is C12H23NO. The van der Waals surface area contributed by atoms with E-state index in [-0.39, 0.29) is 5.91 Å². The largest absolute Gasteiger partial charge is 0.339 e. The first-order chi connectivity index (χ1) is 6.46. The summed E-state index contributed by atoms with van der Waals surface area (Å²) in [5.74, 6) is 0.0653. The molecule has 0 N–H and O–H groups in total. The Hall–Kier alpha value is -0.790. The van der Waals surface area contributed by atoms with Gasteiger partial charge in [-0.05, 0) is 17.9 Å². The summed E-state index contributed by atoms with van der Waals surface area (Å²) in [6.07, 6.45) is 3.74. The Labute approximate surface area is 88.0 Å². The molecule has 1 aliphatic rings. The molecule has 82 valence electrons. The maximum Gasteiger partial charge on any atom is 0.245 e. The second-order valence-electron chi connectivity index (χ2n) is 4.59. The van der Waals surface area contributed by atoms with E-state index in [1.165, 1.54) is 12.5 Å². The van der Waals surface area contributed by atoms with Gasteiger partial charge in [0.2, 0.25) is 5.91 Å². The first-order valence-corrected chi connectivity index (χ1v) is 5.38. The molecule has 1 aliphatic heterocycles. The minimum Gasteiger partial charge on any atom is -0.339 e. The lowest BCUT2D eigenvalue weighted by Gasteiger charge is -2.18. The molecule has 0 saturated carbocycles. The van der Waals surface area contributed by atoms with Crippen molar-refractivity contribution in [2.24, 2.45) is 5.41 Å². The molecule has 2 nitrogen and oxygen atoms in total. The standard InChI is InChI=1S/C9H15NO.C3H8/c1-4-8(11)10-6-5-9(2,3)7-10;1-3-2/h4H,1,5-7H2,2-3H3;3H2,1-2H3. The van der Waals surface area contributed by atoms with Crippen LogP contribution in [0.2, 0.25) is 0 Å². The van der Waals surface area contributed by atoms with Gasteiger partial charge >= 0.3 is 0 Å². The SMILES string of the molecule is C=CC(=O)N1CCC(C)(C)C1.CCC. The molecule has 1 fully saturated rings. The Balaban J connectivity index is 0.000000500. The lowest BCUT2D eigenvalue weighted by atomic mass is 9.93. The van der Waals surface area contributed by atoms with E-state index in [1.54, 1.807) is 0 Å². The van der Waals surface area contributed by atoms with Crippen molar-refractivity contribution in [2.45, 2.75) is 40.5 Å². The first kappa shape index (κ1) is 13.2. The van der Waals surface area contributed by atoms with Crippen molar-refractivity contribution in [3.05, 3.63) is 12.7 Å². The van der Waals surface area contributed by atoms with Gasteiger partial charge in [0, 0.05) is 13.1 Å². The molecule has 0 aromatic heterocycles. The van der Waals surface area contributed by atoms with E-state index in [2.05, 4.69) is 34.3 Å². The van der Waals surface area contributed by atoms with Crippen molar-refractivity contribution in [3.63, 3.8) is 0 Å². The third-order valence-electron chi connectivity index (χ3n) is 2.16. The van der Waals surface area contributed by atoms with E-state index in [9.17, 15) is 4.79 Å². The lowest BCUT2D eigenvalue weighted by Crippen LogP contribution is -2.28. The predicted molar refractivity (Wildman–Crippen MR) is 61.1 cm³/mol. The van der Waals surface area contributed by atoms with Gasteiger partial charge in [-0.1, -0.05) is 40.7 Å². The number of hydrogen-bond acceptors (Lipinski definition) is 1. The Morgan fingerprint density at radius 3 is 2.29 bits per heavy atom. The van der Waals surface area contributed by atoms with Gasteiger partial charge in [-0.2, -0.15) is 0 Å². The zero-order valence-electron chi connectivity index (χ0n) is 9.97. The Kier molecular flexibility index (Phi) is 5.51. The van der Waals surface area contributed by atoms with E-state index >= 15 is 0 Å². The van der Waals surface area contributed by atoms with Crippen LogP contribution in [0.5, 0.6) is 0 Å². The van der Waals surface area contributed by atoms with Crippen LogP contribution in [-0.2, 0) is 4.79 Å². The smallest absolute Gasteiger partial charge is 0.245 e. The molecule has 0 unspecified atom stereocenters. The summed E-state index contributed by atoms with van der Waals surface area (Å²) in [5, 5.41) is 0. The van der Waals surface area contributed by atoms with Gasteiger partial charge < -0.3 is 4.90 Å². The molecule has 1 amide bonds. The van der Waals surface area contributed by atoms with Crippen molar-refractivity contribution >= 4 is 5.91 Å². The van der Waals surface area contributed by atoms with Crippen LogP contribution in [0.3, 0.4) is 0 Å². The number of rotatable bonds is 1. The van der Waals surface area contributed by atoms with Gasteiger partial charge in [-0.15, -0.1) is 0 Å². The Morgan fingerprint density at radius 1 is 1.50 bits per heavy atom. The predicted octanol–water partition coefficient (Wildman–Crippen LogP) is 2.85. The second-order valence-corrected chi connectivity index (χ2v) is 4.59. The summed E-state index contributed by atoms with van der Waals surface area (Å²) >= 11 is 0. The van der Waals surface area contributed by atoms with E-state index < -0.39 is 0 Å². The van der Waals surface area contributed by atoms with Crippen LogP contribution in [-0.4, -0.2) is 23.9 Å². The highest BCUT2D eigenvalue weighted by atomic mass is 16.2. The van der Waals surface area contributed by atoms with Crippen LogP contribution in [0.15, 0.2) is 12.7 Å². The topological polar surface area (TPSA) is 20.3 Å². The molecule has 0 spiro atoms. The normalized spacial score (nSPS) is 18.4. The quantitative estimate of drug-likeness (QED) is 0.592. The third-order valence-corrected chi connectivity index (χ3v) is 2.16. The summed E-state index contributed by atoms with van der Waals surface area (Å²) in [4.78, 5) is 13.0. The van der Waals surface area contributed by atoms with Gasteiger partial charge in [-0.25, -0.2) is 0 Å². The summed E-state index contributed by atoms with van der Waals surface area (Å²) in [7, 11) is 0. The zero-order valence-corrected chi connectivity index (χ0v) is 9.97. The highest BCUT2D eigenvalue weighted by molar-refractivity contribution is 5.87. The van der Waals surface area contributed by atoms with Gasteiger partial charge in [0.25, 0.3) is 0 Å². The van der Waals surface area contributed by atoms with E-state index in [0.717, 1.165) is 19.5 Å². The van der Waals surface area contributed by atoms with Crippen LogP contribution < -0.4 is 0 Å². The highest BCUT2D eigenvalue weighted by Gasteiger charge is 2.30. The maximum atomic E-state index is 11.1. The monoisotopic (exact) mass is 197 g/mol. The Bertz CT molecular complexity index is 196. The minimum absolute atomic E-state index is 0.0653. The van der Waals surface area contributed by atoms with Crippen molar-refractivity contribution in [3.8, 4) is 0 Å². The molecular weight excluding hydrogens is 174 g/mol. The number of hydrogen-bond donors (Lipinski definition) is 0. The highest BCUT2D eigenvalue weighted by Crippen LogP contribution is 2.28. The molecule has 14 heavy (non-hydrogen) atoms. The molecule has 0 aromatic carbocycles. The van der Waals surface area contributed by atoms with Crippen LogP contribution in [0, 0.1) is 5.41 Å². The number of likely N-dealkylation sites (tertiary alicyclic amines) is 1. The molecule has 0 radical (unpaired) electrons. The Morgan fingerprint density at radius 2 is 2.00 bits per heavy atom. The van der Waals surface area contributed by atoms with E-state index in [0.29, 0.717) is 5.41 Å². The third kappa shape index (κ3) is 4.45. The molecule has 0 aromatic rings. The molecule has 2 heteroatoms. The summed E-state index contributed by atoms with van der Waals surface area (Å²) in [6, 6.07) is 0. The molecule has 1 saturated heterocycles. The number of nitrogens with zero attached hydrogens (tertiary/aromatic N) is 1. The fourth-order valence-electron chi connectivity index (χ4n) is 1.43. The van der Waals surface area contributed by atoms with Gasteiger partial charge in [0.15, 0.2) is 0 Å². The second kappa shape index (κ2) is 5.84. The van der Waals surface area contributed by atoms with Gasteiger partial charge in [0.05, 0.1) is 0 Å².